The Labute approximate surface area is 107 Å². The minimum Gasteiger partial charge on any atom is -0.487 e. The van der Waals surface area contributed by atoms with Gasteiger partial charge in [0.1, 0.15) is 11.4 Å². The Morgan fingerprint density at radius 3 is 2.47 bits per heavy atom. The summed E-state index contributed by atoms with van der Waals surface area (Å²) in [6.45, 7) is 6.08. The standard InChI is InChI=1S/C13H18ClNO2/c1-4-13(3,5-2)17-10-8-6-7-9(14)11(10)12(15)16/h6-8H,4-5H2,1-3H3,(H2,15,16). The van der Waals surface area contributed by atoms with Gasteiger partial charge in [0, 0.05) is 0 Å². The van der Waals surface area contributed by atoms with E-state index >= 15 is 0 Å². The number of primary amides is 1. The largest absolute Gasteiger partial charge is 0.487 e. The molecule has 0 heterocycles. The number of hydrogen-bond donors (Lipinski definition) is 1. The molecule has 0 bridgehead atoms. The fraction of sp³-hybridized carbons (Fsp3) is 0.462. The molecular formula is C13H18ClNO2. The number of carbonyl (C=O) groups is 1. The molecule has 94 valence electrons. The highest BCUT2D eigenvalue weighted by molar-refractivity contribution is 6.34. The first-order chi connectivity index (χ1) is 7.93. The Bertz CT molecular complexity index is 414. The molecule has 1 rings (SSSR count). The molecule has 17 heavy (non-hydrogen) atoms. The molecule has 1 amide bonds. The van der Waals surface area contributed by atoms with Gasteiger partial charge >= 0.3 is 0 Å². The first-order valence-electron chi connectivity index (χ1n) is 5.71. The lowest BCUT2D eigenvalue weighted by molar-refractivity contribution is 0.0773. The Kier molecular flexibility index (Phi) is 4.40. The average molecular weight is 256 g/mol. The summed E-state index contributed by atoms with van der Waals surface area (Å²) in [5, 5.41) is 0.324. The van der Waals surface area contributed by atoms with Crippen LogP contribution in [0.5, 0.6) is 5.75 Å². The average Bonchev–Trinajstić information content (AvgIpc) is 2.28. The lowest BCUT2D eigenvalue weighted by atomic mass is 10.00. The van der Waals surface area contributed by atoms with Crippen LogP contribution in [0.1, 0.15) is 44.0 Å². The molecule has 0 fully saturated rings. The summed E-state index contributed by atoms with van der Waals surface area (Å²) < 4.78 is 5.89. The quantitative estimate of drug-likeness (QED) is 0.877. The van der Waals surface area contributed by atoms with E-state index in [4.69, 9.17) is 22.1 Å². The van der Waals surface area contributed by atoms with Gasteiger partial charge in [0.25, 0.3) is 5.91 Å². The van der Waals surface area contributed by atoms with Crippen molar-refractivity contribution in [1.82, 2.24) is 0 Å². The second-order valence-corrected chi connectivity index (χ2v) is 4.64. The maximum Gasteiger partial charge on any atom is 0.253 e. The molecule has 1 aromatic carbocycles. The third kappa shape index (κ3) is 3.13. The van der Waals surface area contributed by atoms with Crippen molar-refractivity contribution >= 4 is 17.5 Å². The zero-order valence-electron chi connectivity index (χ0n) is 10.4. The molecule has 0 aromatic heterocycles. The highest BCUT2D eigenvalue weighted by atomic mass is 35.5. The van der Waals surface area contributed by atoms with E-state index < -0.39 is 5.91 Å². The van der Waals surface area contributed by atoms with Gasteiger partial charge in [-0.15, -0.1) is 0 Å². The fourth-order valence-electron chi connectivity index (χ4n) is 1.49. The van der Waals surface area contributed by atoms with E-state index in [9.17, 15) is 4.79 Å². The molecule has 0 aliphatic heterocycles. The van der Waals surface area contributed by atoms with Crippen LogP contribution in [0, 0.1) is 0 Å². The summed E-state index contributed by atoms with van der Waals surface area (Å²) >= 11 is 5.96. The molecule has 3 nitrogen and oxygen atoms in total. The number of nitrogens with two attached hydrogens (primary N) is 1. The Morgan fingerprint density at radius 2 is 2.00 bits per heavy atom. The lowest BCUT2D eigenvalue weighted by Gasteiger charge is -2.29. The van der Waals surface area contributed by atoms with Gasteiger partial charge in [-0.2, -0.15) is 0 Å². The van der Waals surface area contributed by atoms with Gasteiger partial charge in [0.15, 0.2) is 0 Å². The zero-order chi connectivity index (χ0) is 13.1. The van der Waals surface area contributed by atoms with E-state index in [1.54, 1.807) is 18.2 Å². The van der Waals surface area contributed by atoms with Crippen LogP contribution in [-0.2, 0) is 0 Å². The number of benzene rings is 1. The summed E-state index contributed by atoms with van der Waals surface area (Å²) in [5.41, 5.74) is 5.26. The summed E-state index contributed by atoms with van der Waals surface area (Å²) in [6.07, 6.45) is 1.68. The highest BCUT2D eigenvalue weighted by Crippen LogP contribution is 2.31. The molecule has 0 unspecified atom stereocenters. The molecule has 4 heteroatoms. The number of hydrogen-bond acceptors (Lipinski definition) is 2. The van der Waals surface area contributed by atoms with Crippen LogP contribution >= 0.6 is 11.6 Å². The van der Waals surface area contributed by atoms with E-state index in [-0.39, 0.29) is 11.2 Å². The van der Waals surface area contributed by atoms with Gasteiger partial charge in [-0.1, -0.05) is 31.5 Å². The molecule has 2 N–H and O–H groups in total. The number of amides is 1. The van der Waals surface area contributed by atoms with Gasteiger partial charge in [-0.3, -0.25) is 4.79 Å². The SMILES string of the molecule is CCC(C)(CC)Oc1cccc(Cl)c1C(N)=O. The van der Waals surface area contributed by atoms with Crippen LogP contribution in [-0.4, -0.2) is 11.5 Å². The van der Waals surface area contributed by atoms with Crippen LogP contribution in [0.3, 0.4) is 0 Å². The van der Waals surface area contributed by atoms with Crippen molar-refractivity contribution in [2.24, 2.45) is 5.73 Å². The molecule has 0 radical (unpaired) electrons. The third-order valence-electron chi connectivity index (χ3n) is 3.07. The first-order valence-corrected chi connectivity index (χ1v) is 6.08. The Balaban J connectivity index is 3.15. The minimum atomic E-state index is -0.569. The van der Waals surface area contributed by atoms with Crippen molar-refractivity contribution in [2.75, 3.05) is 0 Å². The van der Waals surface area contributed by atoms with Gasteiger partial charge in [-0.25, -0.2) is 0 Å². The molecule has 0 saturated carbocycles. The lowest BCUT2D eigenvalue weighted by Crippen LogP contribution is -2.31. The Hall–Kier alpha value is -1.22. The van der Waals surface area contributed by atoms with E-state index in [1.165, 1.54) is 0 Å². The third-order valence-corrected chi connectivity index (χ3v) is 3.39. The first kappa shape index (κ1) is 13.8. The second kappa shape index (κ2) is 5.41. The van der Waals surface area contributed by atoms with Crippen LogP contribution in [0.4, 0.5) is 0 Å². The summed E-state index contributed by atoms with van der Waals surface area (Å²) in [4.78, 5) is 11.4. The molecule has 0 atom stereocenters. The van der Waals surface area contributed by atoms with Crippen molar-refractivity contribution in [1.29, 1.82) is 0 Å². The van der Waals surface area contributed by atoms with Gasteiger partial charge < -0.3 is 10.5 Å². The van der Waals surface area contributed by atoms with Gasteiger partial charge in [0.2, 0.25) is 0 Å². The van der Waals surface area contributed by atoms with Crippen LogP contribution in [0.15, 0.2) is 18.2 Å². The normalized spacial score (nSPS) is 11.3. The number of ether oxygens (including phenoxy) is 1. The van der Waals surface area contributed by atoms with E-state index in [2.05, 4.69) is 0 Å². The predicted octanol–water partition coefficient (Wildman–Crippen LogP) is 3.40. The molecular weight excluding hydrogens is 238 g/mol. The predicted molar refractivity (Wildman–Crippen MR) is 69.6 cm³/mol. The number of carbonyl (C=O) groups excluding carboxylic acids is 1. The van der Waals surface area contributed by atoms with Crippen LogP contribution in [0.25, 0.3) is 0 Å². The van der Waals surface area contributed by atoms with Crippen molar-refractivity contribution in [3.63, 3.8) is 0 Å². The van der Waals surface area contributed by atoms with Crippen molar-refractivity contribution < 1.29 is 9.53 Å². The molecule has 0 aliphatic carbocycles. The zero-order valence-corrected chi connectivity index (χ0v) is 11.2. The van der Waals surface area contributed by atoms with Gasteiger partial charge in [-0.05, 0) is 31.9 Å². The summed E-state index contributed by atoms with van der Waals surface area (Å²) in [7, 11) is 0. The topological polar surface area (TPSA) is 52.3 Å². The molecule has 1 aromatic rings. The van der Waals surface area contributed by atoms with Crippen molar-refractivity contribution in [3.8, 4) is 5.75 Å². The van der Waals surface area contributed by atoms with E-state index in [0.29, 0.717) is 10.8 Å². The fourth-order valence-corrected chi connectivity index (χ4v) is 1.75. The van der Waals surface area contributed by atoms with Crippen molar-refractivity contribution in [2.45, 2.75) is 39.2 Å². The smallest absolute Gasteiger partial charge is 0.253 e. The maximum absolute atomic E-state index is 11.4. The highest BCUT2D eigenvalue weighted by Gasteiger charge is 2.24. The van der Waals surface area contributed by atoms with Gasteiger partial charge in [0.05, 0.1) is 10.6 Å². The van der Waals surface area contributed by atoms with Crippen molar-refractivity contribution in [3.05, 3.63) is 28.8 Å². The molecule has 0 aliphatic rings. The molecule has 0 spiro atoms. The van der Waals surface area contributed by atoms with E-state index in [0.717, 1.165) is 12.8 Å². The number of halogens is 1. The van der Waals surface area contributed by atoms with Crippen LogP contribution < -0.4 is 10.5 Å². The monoisotopic (exact) mass is 255 g/mol. The summed E-state index contributed by atoms with van der Waals surface area (Å²) in [6, 6.07) is 5.09. The molecule has 0 saturated heterocycles. The van der Waals surface area contributed by atoms with Crippen LogP contribution in [0.2, 0.25) is 5.02 Å². The van der Waals surface area contributed by atoms with E-state index in [1.807, 2.05) is 20.8 Å². The minimum absolute atomic E-state index is 0.252. The Morgan fingerprint density at radius 1 is 1.41 bits per heavy atom. The number of rotatable bonds is 5. The second-order valence-electron chi connectivity index (χ2n) is 4.24. The summed E-state index contributed by atoms with van der Waals surface area (Å²) in [5.74, 6) is -0.114. The maximum atomic E-state index is 11.4.